The van der Waals surface area contributed by atoms with E-state index >= 15 is 0 Å². The molecule has 0 unspecified atom stereocenters. The van der Waals surface area contributed by atoms with Crippen molar-refractivity contribution in [2.75, 3.05) is 52.0 Å². The van der Waals surface area contributed by atoms with E-state index in [-0.39, 0.29) is 49.0 Å². The van der Waals surface area contributed by atoms with Gasteiger partial charge in [-0.25, -0.2) is 8.42 Å². The van der Waals surface area contributed by atoms with Gasteiger partial charge in [0.2, 0.25) is 5.91 Å². The molecule has 1 N–H and O–H groups in total. The lowest BCUT2D eigenvalue weighted by Crippen LogP contribution is -2.51. The molecule has 0 aromatic heterocycles. The van der Waals surface area contributed by atoms with Crippen molar-refractivity contribution < 1.29 is 37.4 Å². The van der Waals surface area contributed by atoms with Crippen LogP contribution in [0.25, 0.3) is 10.8 Å². The molecule has 13 nitrogen and oxygen atoms in total. The Morgan fingerprint density at radius 2 is 1.77 bits per heavy atom. The zero-order valence-electron chi connectivity index (χ0n) is 26.5. The number of ether oxygens (including phenoxy) is 1. The summed E-state index contributed by atoms with van der Waals surface area (Å²) in [6, 6.07) is 9.56. The molecule has 0 radical (unpaired) electrons. The van der Waals surface area contributed by atoms with Crippen LogP contribution in [0.15, 0.2) is 53.2 Å². The van der Waals surface area contributed by atoms with Gasteiger partial charge < -0.3 is 34.3 Å². The first-order chi connectivity index (χ1) is 22.4. The number of fused-ring (bicyclic) bond motifs is 2. The average molecular weight is 690 g/mol. The molecule has 3 aliphatic heterocycles. The zero-order valence-corrected chi connectivity index (χ0v) is 28.1. The number of hydrogen-bond donors (Lipinski definition) is 1. The quantitative estimate of drug-likeness (QED) is 0.328. The van der Waals surface area contributed by atoms with Gasteiger partial charge in [-0.2, -0.15) is 0 Å². The summed E-state index contributed by atoms with van der Waals surface area (Å²) in [5, 5.41) is 12.6. The lowest BCUT2D eigenvalue weighted by molar-refractivity contribution is -0.148. The predicted octanol–water partition coefficient (Wildman–Crippen LogP) is 1.98. The van der Waals surface area contributed by atoms with E-state index in [1.54, 1.807) is 52.1 Å². The molecule has 3 aliphatic rings. The Balaban J connectivity index is 1.08. The van der Waals surface area contributed by atoms with Gasteiger partial charge in [-0.3, -0.25) is 19.2 Å². The number of carbonyl (C=O) groups is 4. The smallest absolute Gasteiger partial charge is 0.309 e. The minimum Gasteiger partial charge on any atom is -0.444 e. The predicted molar refractivity (Wildman–Crippen MR) is 173 cm³/mol. The highest BCUT2D eigenvalue weighted by molar-refractivity contribution is 7.91. The average Bonchev–Trinajstić information content (AvgIpc) is 3.61. The van der Waals surface area contributed by atoms with Crippen LogP contribution in [-0.4, -0.2) is 126 Å². The Hall–Kier alpha value is -3.88. The first-order valence-electron chi connectivity index (χ1n) is 15.7. The number of nitrogens with zero attached hydrogens (tertiary/aromatic N) is 5. The minimum atomic E-state index is -3.95. The van der Waals surface area contributed by atoms with Crippen LogP contribution in [0.2, 0.25) is 5.02 Å². The highest BCUT2D eigenvalue weighted by Crippen LogP contribution is 2.30. The molecule has 15 heteroatoms. The number of amides is 3. The number of aliphatic hydroxyl groups excluding tert-OH is 1. The van der Waals surface area contributed by atoms with Crippen LogP contribution >= 0.6 is 11.6 Å². The lowest BCUT2D eigenvalue weighted by Gasteiger charge is -2.37. The number of likely N-dealkylation sites (tertiary alicyclic amines) is 1. The zero-order chi connectivity index (χ0) is 33.9. The Morgan fingerprint density at radius 1 is 1.06 bits per heavy atom. The summed E-state index contributed by atoms with van der Waals surface area (Å²) in [5.74, 6) is -1.98. The van der Waals surface area contributed by atoms with Crippen molar-refractivity contribution in [1.29, 1.82) is 0 Å². The summed E-state index contributed by atoms with van der Waals surface area (Å²) >= 11 is 6.01. The van der Waals surface area contributed by atoms with E-state index in [1.165, 1.54) is 17.0 Å². The number of rotatable bonds is 12. The fourth-order valence-corrected chi connectivity index (χ4v) is 7.68. The molecule has 0 aliphatic carbocycles. The third kappa shape index (κ3) is 7.82. The number of piperidine rings is 1. The number of aliphatic hydroxyl groups is 1. The first-order valence-corrected chi connectivity index (χ1v) is 17.8. The van der Waals surface area contributed by atoms with Gasteiger partial charge in [0.05, 0.1) is 30.4 Å². The molecule has 47 heavy (non-hydrogen) atoms. The molecule has 0 saturated carbocycles. The van der Waals surface area contributed by atoms with Crippen molar-refractivity contribution in [3.63, 3.8) is 0 Å². The molecule has 2 fully saturated rings. The van der Waals surface area contributed by atoms with Crippen LogP contribution in [0.1, 0.15) is 39.5 Å². The molecule has 254 valence electrons. The molecule has 0 spiro atoms. The largest absolute Gasteiger partial charge is 0.444 e. The van der Waals surface area contributed by atoms with Gasteiger partial charge in [-0.15, -0.1) is 0 Å². The molecule has 3 amide bonds. The maximum atomic E-state index is 13.2. The number of benzene rings is 2. The SMILES string of the molecule is CCC(=O)N(CC)CCC(=O)OCN1C=C2C(=O)N(C3CCN(C(=O)[C@H](O)CS(=O)(=O)c4ccc5cc(Cl)ccc5c4)CC3)CN2C1. The van der Waals surface area contributed by atoms with Crippen molar-refractivity contribution in [3.8, 4) is 0 Å². The maximum Gasteiger partial charge on any atom is 0.309 e. The summed E-state index contributed by atoms with van der Waals surface area (Å²) in [6.45, 7) is 5.75. The molecule has 5 rings (SSSR count). The topological polar surface area (TPSA) is 148 Å². The van der Waals surface area contributed by atoms with Crippen LogP contribution in [0, 0.1) is 0 Å². The van der Waals surface area contributed by atoms with E-state index < -0.39 is 33.6 Å². The van der Waals surface area contributed by atoms with Gasteiger partial charge in [0.15, 0.2) is 16.6 Å². The summed E-state index contributed by atoms with van der Waals surface area (Å²) in [6.07, 6.45) is 1.40. The second-order valence-corrected chi connectivity index (χ2v) is 14.4. The first kappa shape index (κ1) is 34.5. The highest BCUT2D eigenvalue weighted by Gasteiger charge is 2.42. The Kier molecular flexibility index (Phi) is 10.6. The number of carbonyl (C=O) groups excluding carboxylic acids is 4. The van der Waals surface area contributed by atoms with Crippen LogP contribution in [-0.2, 0) is 33.8 Å². The summed E-state index contributed by atoms with van der Waals surface area (Å²) in [5.41, 5.74) is 0.502. The number of esters is 1. The van der Waals surface area contributed by atoms with Crippen molar-refractivity contribution in [2.45, 2.75) is 56.6 Å². The monoisotopic (exact) mass is 689 g/mol. The molecule has 3 heterocycles. The number of hydrogen-bond acceptors (Lipinski definition) is 10. The highest BCUT2D eigenvalue weighted by atomic mass is 35.5. The van der Waals surface area contributed by atoms with Crippen LogP contribution in [0.5, 0.6) is 0 Å². The van der Waals surface area contributed by atoms with E-state index in [2.05, 4.69) is 0 Å². The molecular weight excluding hydrogens is 650 g/mol. The van der Waals surface area contributed by atoms with Crippen LogP contribution in [0.4, 0.5) is 0 Å². The molecule has 0 bridgehead atoms. The fourth-order valence-electron chi connectivity index (χ4n) is 6.17. The normalized spacial score (nSPS) is 17.6. The lowest BCUT2D eigenvalue weighted by atomic mass is 10.0. The third-order valence-corrected chi connectivity index (χ3v) is 10.8. The molecule has 2 aromatic rings. The second-order valence-electron chi connectivity index (χ2n) is 11.9. The molecule has 2 aromatic carbocycles. The number of halogens is 1. The van der Waals surface area contributed by atoms with E-state index in [0.717, 1.165) is 5.39 Å². The van der Waals surface area contributed by atoms with E-state index in [0.29, 0.717) is 61.8 Å². The Bertz CT molecular complexity index is 1680. The Morgan fingerprint density at radius 3 is 2.45 bits per heavy atom. The van der Waals surface area contributed by atoms with Crippen molar-refractivity contribution >= 4 is 55.9 Å². The van der Waals surface area contributed by atoms with E-state index in [4.69, 9.17) is 16.3 Å². The number of sulfone groups is 1. The van der Waals surface area contributed by atoms with Gasteiger partial charge in [0, 0.05) is 49.9 Å². The van der Waals surface area contributed by atoms with E-state index in [9.17, 15) is 32.7 Å². The summed E-state index contributed by atoms with van der Waals surface area (Å²) in [7, 11) is -3.95. The molecule has 2 saturated heterocycles. The second kappa shape index (κ2) is 14.5. The van der Waals surface area contributed by atoms with Gasteiger partial charge in [0.25, 0.3) is 11.8 Å². The van der Waals surface area contributed by atoms with Crippen LogP contribution in [0.3, 0.4) is 0 Å². The van der Waals surface area contributed by atoms with Gasteiger partial charge in [-0.1, -0.05) is 30.7 Å². The third-order valence-electron chi connectivity index (χ3n) is 8.83. The standard InChI is InChI=1S/C32H40ClN5O8S/c1-3-29(40)35(4-2)14-11-30(41)46-21-34-17-27-31(42)38(20-37(27)19-34)25-9-12-36(13-10-25)32(43)28(39)18-47(44,45)26-8-6-22-15-24(33)7-5-23(22)16-26/h5-8,15-17,25,28,39H,3-4,9-14,18-21H2,1-2H3/t28-/m1/s1. The van der Waals surface area contributed by atoms with E-state index in [1.807, 2.05) is 11.8 Å². The van der Waals surface area contributed by atoms with Crippen molar-refractivity contribution in [1.82, 2.24) is 24.5 Å². The summed E-state index contributed by atoms with van der Waals surface area (Å²) < 4.78 is 31.4. The summed E-state index contributed by atoms with van der Waals surface area (Å²) in [4.78, 5) is 58.8. The molecule has 1 atom stereocenters. The van der Waals surface area contributed by atoms with Gasteiger partial charge in [-0.05, 0) is 54.8 Å². The molecular formula is C32H40ClN5O8S. The van der Waals surface area contributed by atoms with Gasteiger partial charge in [0.1, 0.15) is 11.8 Å². The maximum absolute atomic E-state index is 13.2. The van der Waals surface area contributed by atoms with Gasteiger partial charge >= 0.3 is 5.97 Å². The van der Waals surface area contributed by atoms with Crippen molar-refractivity contribution in [3.05, 3.63) is 53.3 Å². The fraction of sp³-hybridized carbons (Fsp3) is 0.500. The van der Waals surface area contributed by atoms with Crippen molar-refractivity contribution in [2.24, 2.45) is 0 Å². The van der Waals surface area contributed by atoms with Crippen LogP contribution < -0.4 is 0 Å². The Labute approximate surface area is 279 Å². The minimum absolute atomic E-state index is 0.00571.